The first-order valence-electron chi connectivity index (χ1n) is 5.57. The van der Waals surface area contributed by atoms with Crippen molar-refractivity contribution in [2.45, 2.75) is 27.7 Å². The molecule has 0 aliphatic rings. The number of rotatable bonds is 4. The Labute approximate surface area is 101 Å². The first-order chi connectivity index (χ1) is 8.10. The molecule has 0 atom stereocenters. The Morgan fingerprint density at radius 1 is 1.47 bits per heavy atom. The van der Waals surface area contributed by atoms with E-state index in [9.17, 15) is 9.59 Å². The van der Waals surface area contributed by atoms with Crippen LogP contribution in [0.4, 0.5) is 5.69 Å². The maximum absolute atomic E-state index is 11.4. The van der Waals surface area contributed by atoms with E-state index >= 15 is 0 Å². The zero-order valence-electron chi connectivity index (χ0n) is 10.9. The van der Waals surface area contributed by atoms with Gasteiger partial charge in [-0.2, -0.15) is 0 Å². The van der Waals surface area contributed by atoms with E-state index in [0.717, 1.165) is 0 Å². The Hall–Kier alpha value is -1.78. The standard InChI is InChI=1S/C10H13NO4.C2H6/c1-4-11-7-5-8(6(2)12)15-10(13)9(7)14-3;1-2/h5,11H,4H2,1-3H3;1-2H3. The van der Waals surface area contributed by atoms with E-state index in [2.05, 4.69) is 5.32 Å². The van der Waals surface area contributed by atoms with E-state index in [4.69, 9.17) is 9.15 Å². The highest BCUT2D eigenvalue weighted by Gasteiger charge is 2.13. The van der Waals surface area contributed by atoms with Gasteiger partial charge in [0.05, 0.1) is 12.8 Å². The molecule has 0 unspecified atom stereocenters. The Morgan fingerprint density at radius 2 is 2.06 bits per heavy atom. The van der Waals surface area contributed by atoms with E-state index < -0.39 is 5.63 Å². The summed E-state index contributed by atoms with van der Waals surface area (Å²) >= 11 is 0. The Balaban J connectivity index is 0.00000121. The second kappa shape index (κ2) is 7.49. The Bertz CT molecular complexity index is 423. The minimum absolute atomic E-state index is 0.0248. The summed E-state index contributed by atoms with van der Waals surface area (Å²) < 4.78 is 9.66. The van der Waals surface area contributed by atoms with Crippen LogP contribution in [0, 0.1) is 0 Å². The second-order valence-electron chi connectivity index (χ2n) is 2.93. The second-order valence-corrected chi connectivity index (χ2v) is 2.93. The number of ether oxygens (including phenoxy) is 1. The number of carbonyl (C=O) groups excluding carboxylic acids is 1. The smallest absolute Gasteiger partial charge is 0.381 e. The SMILES string of the molecule is CC.CCNc1cc(C(C)=O)oc(=O)c1OC. The van der Waals surface area contributed by atoms with Gasteiger partial charge in [0.15, 0.2) is 11.5 Å². The van der Waals surface area contributed by atoms with Gasteiger partial charge in [-0.05, 0) is 6.92 Å². The molecule has 0 saturated heterocycles. The Morgan fingerprint density at radius 3 is 2.47 bits per heavy atom. The van der Waals surface area contributed by atoms with Crippen molar-refractivity contribution in [3.63, 3.8) is 0 Å². The van der Waals surface area contributed by atoms with Gasteiger partial charge in [0.2, 0.25) is 5.75 Å². The van der Waals surface area contributed by atoms with Gasteiger partial charge in [0.1, 0.15) is 0 Å². The first-order valence-corrected chi connectivity index (χ1v) is 5.57. The molecule has 96 valence electrons. The van der Waals surface area contributed by atoms with Crippen LogP contribution < -0.4 is 15.7 Å². The van der Waals surface area contributed by atoms with E-state index in [1.165, 1.54) is 20.1 Å². The maximum atomic E-state index is 11.4. The quantitative estimate of drug-likeness (QED) is 0.819. The lowest BCUT2D eigenvalue weighted by Crippen LogP contribution is -2.12. The summed E-state index contributed by atoms with van der Waals surface area (Å²) in [6, 6.07) is 1.46. The Kier molecular flexibility index (Phi) is 6.70. The fraction of sp³-hybridized carbons (Fsp3) is 0.500. The van der Waals surface area contributed by atoms with Gasteiger partial charge in [-0.25, -0.2) is 4.79 Å². The minimum atomic E-state index is -0.652. The fourth-order valence-electron chi connectivity index (χ4n) is 1.17. The van der Waals surface area contributed by atoms with Crippen LogP contribution in [0.15, 0.2) is 15.3 Å². The van der Waals surface area contributed by atoms with E-state index in [0.29, 0.717) is 12.2 Å². The molecule has 1 N–H and O–H groups in total. The molecule has 5 nitrogen and oxygen atoms in total. The highest BCUT2D eigenvalue weighted by molar-refractivity contribution is 5.92. The lowest BCUT2D eigenvalue weighted by Gasteiger charge is -2.08. The molecule has 0 amide bonds. The molecule has 1 rings (SSSR count). The molecule has 0 bridgehead atoms. The van der Waals surface area contributed by atoms with Crippen LogP contribution in [-0.2, 0) is 0 Å². The monoisotopic (exact) mass is 241 g/mol. The molecule has 1 aromatic heterocycles. The molecule has 17 heavy (non-hydrogen) atoms. The summed E-state index contributed by atoms with van der Waals surface area (Å²) in [5.74, 6) is -0.187. The number of hydrogen-bond acceptors (Lipinski definition) is 5. The molecule has 0 spiro atoms. The summed E-state index contributed by atoms with van der Waals surface area (Å²) in [5.41, 5.74) is -0.178. The summed E-state index contributed by atoms with van der Waals surface area (Å²) in [7, 11) is 1.38. The van der Waals surface area contributed by atoms with Crippen LogP contribution in [0.5, 0.6) is 5.75 Å². The van der Waals surface area contributed by atoms with Gasteiger partial charge in [-0.15, -0.1) is 0 Å². The lowest BCUT2D eigenvalue weighted by atomic mass is 10.2. The molecule has 0 saturated carbocycles. The first kappa shape index (κ1) is 15.2. The minimum Gasteiger partial charge on any atom is -0.488 e. The molecule has 0 aromatic carbocycles. The lowest BCUT2D eigenvalue weighted by molar-refractivity contribution is 0.0982. The van der Waals surface area contributed by atoms with Crippen molar-refractivity contribution >= 4 is 11.5 Å². The summed E-state index contributed by atoms with van der Waals surface area (Å²) in [5, 5.41) is 2.93. The normalized spacial score (nSPS) is 9.00. The zero-order valence-corrected chi connectivity index (χ0v) is 10.9. The van der Waals surface area contributed by atoms with Gasteiger partial charge in [-0.3, -0.25) is 4.79 Å². The fourth-order valence-corrected chi connectivity index (χ4v) is 1.17. The van der Waals surface area contributed by atoms with Crippen molar-refractivity contribution in [3.05, 3.63) is 22.2 Å². The van der Waals surface area contributed by atoms with Crippen molar-refractivity contribution in [1.82, 2.24) is 0 Å². The van der Waals surface area contributed by atoms with Gasteiger partial charge in [0, 0.05) is 19.5 Å². The average Bonchev–Trinajstić information content (AvgIpc) is 2.31. The third-order valence-corrected chi connectivity index (χ3v) is 1.83. The molecule has 1 aromatic rings. The van der Waals surface area contributed by atoms with Gasteiger partial charge in [0.25, 0.3) is 0 Å². The van der Waals surface area contributed by atoms with Crippen molar-refractivity contribution < 1.29 is 13.9 Å². The summed E-state index contributed by atoms with van der Waals surface area (Å²) in [6.45, 7) is 7.83. The third kappa shape index (κ3) is 3.94. The van der Waals surface area contributed by atoms with Crippen LogP contribution in [0.25, 0.3) is 0 Å². The molecule has 0 fully saturated rings. The number of anilines is 1. The largest absolute Gasteiger partial charge is 0.488 e. The van der Waals surface area contributed by atoms with E-state index in [1.54, 1.807) is 0 Å². The maximum Gasteiger partial charge on any atom is 0.381 e. The van der Waals surface area contributed by atoms with Crippen LogP contribution in [0.2, 0.25) is 0 Å². The average molecular weight is 241 g/mol. The predicted molar refractivity (Wildman–Crippen MR) is 67.0 cm³/mol. The number of methoxy groups -OCH3 is 1. The molecule has 0 aliphatic heterocycles. The number of carbonyl (C=O) groups is 1. The molecular weight excluding hydrogens is 222 g/mol. The van der Waals surface area contributed by atoms with Crippen molar-refractivity contribution in [3.8, 4) is 5.75 Å². The van der Waals surface area contributed by atoms with Gasteiger partial charge >= 0.3 is 5.63 Å². The number of nitrogens with one attached hydrogen (secondary N) is 1. The molecule has 0 aliphatic carbocycles. The third-order valence-electron chi connectivity index (χ3n) is 1.83. The van der Waals surface area contributed by atoms with Crippen LogP contribution in [0.1, 0.15) is 38.2 Å². The van der Waals surface area contributed by atoms with Gasteiger partial charge in [-0.1, -0.05) is 13.8 Å². The van der Waals surface area contributed by atoms with Crippen molar-refractivity contribution in [2.75, 3.05) is 19.0 Å². The summed E-state index contributed by atoms with van der Waals surface area (Å²) in [6.07, 6.45) is 0. The van der Waals surface area contributed by atoms with Crippen molar-refractivity contribution in [2.24, 2.45) is 0 Å². The zero-order chi connectivity index (χ0) is 13.4. The topological polar surface area (TPSA) is 68.5 Å². The number of ketones is 1. The molecular formula is C12H19NO4. The van der Waals surface area contributed by atoms with Crippen LogP contribution >= 0.6 is 0 Å². The van der Waals surface area contributed by atoms with E-state index in [-0.39, 0.29) is 17.3 Å². The highest BCUT2D eigenvalue weighted by Crippen LogP contribution is 2.20. The summed E-state index contributed by atoms with van der Waals surface area (Å²) in [4.78, 5) is 22.4. The van der Waals surface area contributed by atoms with Gasteiger partial charge < -0.3 is 14.5 Å². The highest BCUT2D eigenvalue weighted by atomic mass is 16.5. The van der Waals surface area contributed by atoms with Crippen LogP contribution in [0.3, 0.4) is 0 Å². The number of hydrogen-bond donors (Lipinski definition) is 1. The van der Waals surface area contributed by atoms with E-state index in [1.807, 2.05) is 20.8 Å². The van der Waals surface area contributed by atoms with Crippen LogP contribution in [-0.4, -0.2) is 19.4 Å². The predicted octanol–water partition coefficient (Wildman–Crippen LogP) is 2.31. The molecule has 5 heteroatoms. The molecule has 1 heterocycles. The number of Topliss-reactive ketones (excluding diaryl/α,β-unsaturated/α-hetero) is 1. The van der Waals surface area contributed by atoms with Crippen molar-refractivity contribution in [1.29, 1.82) is 0 Å². The molecule has 0 radical (unpaired) electrons.